The molecule has 0 atom stereocenters. The van der Waals surface area contributed by atoms with Crippen molar-refractivity contribution in [2.75, 3.05) is 38.0 Å². The van der Waals surface area contributed by atoms with Crippen LogP contribution in [-0.4, -0.2) is 54.3 Å². The third kappa shape index (κ3) is 3.96. The maximum Gasteiger partial charge on any atom is 0.241 e. The molecule has 2 amide bonds. The molecule has 1 heterocycles. The number of carbonyl (C=O) groups excluding carboxylic acids is 2. The number of nitrogens with zero attached hydrogens (tertiary/aromatic N) is 3. The molecule has 0 saturated carbocycles. The highest BCUT2D eigenvalue weighted by molar-refractivity contribution is 5.81. The van der Waals surface area contributed by atoms with Crippen LogP contribution in [0.3, 0.4) is 0 Å². The Balaban J connectivity index is 1.83. The van der Waals surface area contributed by atoms with Gasteiger partial charge in [0.2, 0.25) is 11.8 Å². The van der Waals surface area contributed by atoms with Gasteiger partial charge in [-0.05, 0) is 18.2 Å². The van der Waals surface area contributed by atoms with E-state index in [1.807, 2.05) is 6.07 Å². The molecule has 1 aliphatic rings. The normalized spacial score (nSPS) is 14.5. The largest absolute Gasteiger partial charge is 0.376 e. The zero-order chi connectivity index (χ0) is 15.2. The quantitative estimate of drug-likeness (QED) is 0.885. The summed E-state index contributed by atoms with van der Waals surface area (Å²) >= 11 is 0. The van der Waals surface area contributed by atoms with Crippen molar-refractivity contribution in [2.45, 2.75) is 6.92 Å². The van der Waals surface area contributed by atoms with E-state index in [9.17, 15) is 9.59 Å². The van der Waals surface area contributed by atoms with E-state index in [1.54, 1.807) is 34.9 Å². The van der Waals surface area contributed by atoms with Crippen LogP contribution >= 0.6 is 0 Å². The van der Waals surface area contributed by atoms with Gasteiger partial charge in [-0.1, -0.05) is 6.07 Å². The van der Waals surface area contributed by atoms with Gasteiger partial charge in [-0.3, -0.25) is 9.59 Å². The molecule has 0 spiro atoms. The van der Waals surface area contributed by atoms with Crippen LogP contribution in [0.5, 0.6) is 0 Å². The molecule has 110 valence electrons. The van der Waals surface area contributed by atoms with Crippen LogP contribution < -0.4 is 5.32 Å². The lowest BCUT2D eigenvalue weighted by Crippen LogP contribution is -2.51. The summed E-state index contributed by atoms with van der Waals surface area (Å²) in [7, 11) is 0. The Morgan fingerprint density at radius 3 is 2.52 bits per heavy atom. The van der Waals surface area contributed by atoms with Crippen molar-refractivity contribution in [3.05, 3.63) is 29.8 Å². The van der Waals surface area contributed by atoms with Crippen molar-refractivity contribution >= 4 is 17.5 Å². The lowest BCUT2D eigenvalue weighted by Gasteiger charge is -2.34. The van der Waals surface area contributed by atoms with E-state index in [0.717, 1.165) is 5.69 Å². The topological polar surface area (TPSA) is 76.4 Å². The van der Waals surface area contributed by atoms with E-state index in [0.29, 0.717) is 31.7 Å². The number of carbonyl (C=O) groups is 2. The fraction of sp³-hybridized carbons (Fsp3) is 0.400. The minimum absolute atomic E-state index is 0.000521. The average molecular weight is 286 g/mol. The molecule has 1 aromatic rings. The number of rotatable bonds is 3. The molecule has 0 unspecified atom stereocenters. The monoisotopic (exact) mass is 286 g/mol. The van der Waals surface area contributed by atoms with Crippen molar-refractivity contribution in [1.82, 2.24) is 9.80 Å². The molecule has 1 fully saturated rings. The van der Waals surface area contributed by atoms with Crippen LogP contribution in [0.25, 0.3) is 0 Å². The molecule has 0 bridgehead atoms. The molecule has 0 aliphatic carbocycles. The summed E-state index contributed by atoms with van der Waals surface area (Å²) in [4.78, 5) is 26.8. The molecule has 21 heavy (non-hydrogen) atoms. The van der Waals surface area contributed by atoms with Crippen molar-refractivity contribution in [3.8, 4) is 6.07 Å². The minimum atomic E-state index is 0.000521. The van der Waals surface area contributed by atoms with Crippen molar-refractivity contribution in [2.24, 2.45) is 0 Å². The highest BCUT2D eigenvalue weighted by Gasteiger charge is 2.21. The van der Waals surface area contributed by atoms with Crippen molar-refractivity contribution in [1.29, 1.82) is 5.26 Å². The zero-order valence-corrected chi connectivity index (χ0v) is 12.0. The number of benzene rings is 1. The lowest BCUT2D eigenvalue weighted by atomic mass is 10.2. The Kier molecular flexibility index (Phi) is 4.77. The first-order chi connectivity index (χ1) is 10.1. The summed E-state index contributed by atoms with van der Waals surface area (Å²) in [5.41, 5.74) is 1.31. The first-order valence-corrected chi connectivity index (χ1v) is 6.87. The number of amides is 2. The van der Waals surface area contributed by atoms with Gasteiger partial charge in [-0.2, -0.15) is 5.26 Å². The molecule has 1 aliphatic heterocycles. The Hall–Kier alpha value is -2.55. The number of anilines is 1. The summed E-state index contributed by atoms with van der Waals surface area (Å²) < 4.78 is 0. The maximum absolute atomic E-state index is 12.1. The Morgan fingerprint density at radius 1 is 1.24 bits per heavy atom. The Bertz CT molecular complexity index is 571. The van der Waals surface area contributed by atoms with E-state index in [-0.39, 0.29) is 18.4 Å². The second-order valence-electron chi connectivity index (χ2n) is 4.93. The van der Waals surface area contributed by atoms with Crippen LogP contribution in [0.4, 0.5) is 5.69 Å². The molecule has 0 radical (unpaired) electrons. The van der Waals surface area contributed by atoms with Crippen LogP contribution in [0.2, 0.25) is 0 Å². The van der Waals surface area contributed by atoms with Crippen molar-refractivity contribution in [3.63, 3.8) is 0 Å². The van der Waals surface area contributed by atoms with E-state index < -0.39 is 0 Å². The molecule has 1 saturated heterocycles. The van der Waals surface area contributed by atoms with Gasteiger partial charge in [-0.25, -0.2) is 0 Å². The minimum Gasteiger partial charge on any atom is -0.376 e. The summed E-state index contributed by atoms with van der Waals surface area (Å²) in [6.07, 6.45) is 0. The molecule has 1 N–H and O–H groups in total. The number of nitriles is 1. The molecular weight excluding hydrogens is 268 g/mol. The highest BCUT2D eigenvalue weighted by atomic mass is 16.2. The molecule has 2 rings (SSSR count). The fourth-order valence-corrected chi connectivity index (χ4v) is 2.26. The van der Waals surface area contributed by atoms with Gasteiger partial charge in [0, 0.05) is 38.8 Å². The zero-order valence-electron chi connectivity index (χ0n) is 12.0. The predicted octanol–water partition coefficient (Wildman–Crippen LogP) is 0.661. The molecule has 6 nitrogen and oxygen atoms in total. The fourth-order valence-electron chi connectivity index (χ4n) is 2.26. The third-order valence-corrected chi connectivity index (χ3v) is 3.51. The Labute approximate surface area is 123 Å². The van der Waals surface area contributed by atoms with Crippen LogP contribution in [-0.2, 0) is 9.59 Å². The molecule has 6 heteroatoms. The predicted molar refractivity (Wildman–Crippen MR) is 78.5 cm³/mol. The smallest absolute Gasteiger partial charge is 0.241 e. The van der Waals surface area contributed by atoms with Gasteiger partial charge in [0.1, 0.15) is 0 Å². The number of nitrogens with one attached hydrogen (secondary N) is 1. The van der Waals surface area contributed by atoms with E-state index in [4.69, 9.17) is 5.26 Å². The van der Waals surface area contributed by atoms with E-state index in [2.05, 4.69) is 11.4 Å². The molecule has 0 aromatic heterocycles. The van der Waals surface area contributed by atoms with Crippen LogP contribution in [0.1, 0.15) is 12.5 Å². The number of piperazine rings is 1. The second-order valence-corrected chi connectivity index (χ2v) is 4.93. The van der Waals surface area contributed by atoms with Gasteiger partial charge in [0.05, 0.1) is 18.2 Å². The van der Waals surface area contributed by atoms with E-state index in [1.165, 1.54) is 0 Å². The standard InChI is InChI=1S/C15H18N4O2/c1-12(20)18-5-7-19(8-6-18)15(21)11-17-14-4-2-3-13(9-14)10-16/h2-4,9,17H,5-8,11H2,1H3. The van der Waals surface area contributed by atoms with Gasteiger partial charge < -0.3 is 15.1 Å². The third-order valence-electron chi connectivity index (χ3n) is 3.51. The summed E-state index contributed by atoms with van der Waals surface area (Å²) in [5.74, 6) is 0.0501. The summed E-state index contributed by atoms with van der Waals surface area (Å²) in [6.45, 7) is 4.04. The van der Waals surface area contributed by atoms with Crippen LogP contribution in [0, 0.1) is 11.3 Å². The number of hydrogen-bond acceptors (Lipinski definition) is 4. The lowest BCUT2D eigenvalue weighted by molar-refractivity contribution is -0.137. The van der Waals surface area contributed by atoms with Gasteiger partial charge in [0.25, 0.3) is 0 Å². The van der Waals surface area contributed by atoms with Crippen LogP contribution in [0.15, 0.2) is 24.3 Å². The summed E-state index contributed by atoms with van der Waals surface area (Å²) in [6, 6.07) is 9.08. The first kappa shape index (κ1) is 14.9. The molecular formula is C15H18N4O2. The summed E-state index contributed by atoms with van der Waals surface area (Å²) in [5, 5.41) is 11.9. The average Bonchev–Trinajstić information content (AvgIpc) is 2.53. The SMILES string of the molecule is CC(=O)N1CCN(C(=O)CNc2cccc(C#N)c2)CC1. The second kappa shape index (κ2) is 6.75. The van der Waals surface area contributed by atoms with Gasteiger partial charge in [0.15, 0.2) is 0 Å². The first-order valence-electron chi connectivity index (χ1n) is 6.87. The van der Waals surface area contributed by atoms with Crippen molar-refractivity contribution < 1.29 is 9.59 Å². The van der Waals surface area contributed by atoms with E-state index >= 15 is 0 Å². The Morgan fingerprint density at radius 2 is 1.90 bits per heavy atom. The number of hydrogen-bond donors (Lipinski definition) is 1. The van der Waals surface area contributed by atoms with Gasteiger partial charge in [-0.15, -0.1) is 0 Å². The highest BCUT2D eigenvalue weighted by Crippen LogP contribution is 2.10. The molecule has 1 aromatic carbocycles. The maximum atomic E-state index is 12.1. The van der Waals surface area contributed by atoms with Gasteiger partial charge >= 0.3 is 0 Å².